The molecule has 0 aliphatic carbocycles. The van der Waals surface area contributed by atoms with E-state index in [0.717, 1.165) is 31.8 Å². The second-order valence-corrected chi connectivity index (χ2v) is 9.68. The first-order valence-corrected chi connectivity index (χ1v) is 12.2. The normalized spacial score (nSPS) is 11.7. The highest BCUT2D eigenvalue weighted by molar-refractivity contribution is 9.10. The summed E-state index contributed by atoms with van der Waals surface area (Å²) in [5, 5.41) is 7.15. The molecule has 6 aromatic carbocycles. The maximum Gasteiger partial charge on any atom is 0.143 e. The van der Waals surface area contributed by atoms with Gasteiger partial charge < -0.3 is 4.42 Å². The van der Waals surface area contributed by atoms with E-state index in [1.807, 2.05) is 12.1 Å². The molecule has 0 N–H and O–H groups in total. The number of halogens is 1. The third kappa shape index (κ3) is 3.14. The summed E-state index contributed by atoms with van der Waals surface area (Å²) in [6.07, 6.45) is 0. The highest BCUT2D eigenvalue weighted by Crippen LogP contribution is 2.37. The van der Waals surface area contributed by atoms with Crippen LogP contribution in [0.15, 0.2) is 124 Å². The summed E-state index contributed by atoms with van der Waals surface area (Å²) in [7, 11) is 0. The molecule has 160 valence electrons. The maximum atomic E-state index is 6.23. The van der Waals surface area contributed by atoms with Crippen LogP contribution in [0, 0.1) is 0 Å². The van der Waals surface area contributed by atoms with Crippen molar-refractivity contribution >= 4 is 59.4 Å². The van der Waals surface area contributed by atoms with Gasteiger partial charge in [-0.2, -0.15) is 0 Å². The van der Waals surface area contributed by atoms with Crippen LogP contribution in [0.4, 0.5) is 0 Å². The summed E-state index contributed by atoms with van der Waals surface area (Å²) < 4.78 is 7.31. The molecular formula is C32H19BrO. The molecule has 0 bridgehead atoms. The van der Waals surface area contributed by atoms with Crippen molar-refractivity contribution in [3.63, 3.8) is 0 Å². The van der Waals surface area contributed by atoms with Crippen LogP contribution in [0.3, 0.4) is 0 Å². The average Bonchev–Trinajstić information content (AvgIpc) is 3.27. The molecule has 0 saturated heterocycles. The zero-order valence-corrected chi connectivity index (χ0v) is 19.8. The first-order valence-electron chi connectivity index (χ1n) is 11.4. The first kappa shape index (κ1) is 19.6. The summed E-state index contributed by atoms with van der Waals surface area (Å²) >= 11 is 3.74. The number of fused-ring (bicyclic) bond motifs is 6. The van der Waals surface area contributed by atoms with Crippen LogP contribution in [0.25, 0.3) is 65.7 Å². The monoisotopic (exact) mass is 498 g/mol. The molecule has 0 spiro atoms. The zero-order chi connectivity index (χ0) is 22.6. The van der Waals surface area contributed by atoms with E-state index in [4.69, 9.17) is 4.42 Å². The fourth-order valence-electron chi connectivity index (χ4n) is 4.98. The fourth-order valence-corrected chi connectivity index (χ4v) is 5.48. The van der Waals surface area contributed by atoms with Gasteiger partial charge in [-0.15, -0.1) is 0 Å². The van der Waals surface area contributed by atoms with Crippen LogP contribution in [0.2, 0.25) is 0 Å². The van der Waals surface area contributed by atoms with Crippen molar-refractivity contribution in [2.24, 2.45) is 0 Å². The predicted molar refractivity (Wildman–Crippen MR) is 147 cm³/mol. The lowest BCUT2D eigenvalue weighted by molar-refractivity contribution is 0.672. The van der Waals surface area contributed by atoms with Gasteiger partial charge in [0.05, 0.1) is 0 Å². The van der Waals surface area contributed by atoms with Crippen molar-refractivity contribution in [3.8, 4) is 22.3 Å². The summed E-state index contributed by atoms with van der Waals surface area (Å²) in [6, 6.07) is 41.0. The quantitative estimate of drug-likeness (QED) is 0.231. The fraction of sp³-hybridized carbons (Fsp3) is 0. The van der Waals surface area contributed by atoms with Gasteiger partial charge in [-0.3, -0.25) is 0 Å². The largest absolute Gasteiger partial charge is 0.455 e. The molecule has 2 heteroatoms. The molecule has 7 aromatic rings. The van der Waals surface area contributed by atoms with Crippen molar-refractivity contribution in [2.45, 2.75) is 0 Å². The Morgan fingerprint density at radius 1 is 0.441 bits per heavy atom. The molecule has 0 amide bonds. The third-order valence-electron chi connectivity index (χ3n) is 6.67. The number of benzene rings is 6. The van der Waals surface area contributed by atoms with Crippen molar-refractivity contribution < 1.29 is 4.42 Å². The Labute approximate surface area is 205 Å². The molecule has 34 heavy (non-hydrogen) atoms. The number of hydrogen-bond donors (Lipinski definition) is 0. The van der Waals surface area contributed by atoms with Crippen molar-refractivity contribution in [1.29, 1.82) is 0 Å². The molecule has 0 fully saturated rings. The molecule has 0 radical (unpaired) electrons. The second kappa shape index (κ2) is 7.58. The maximum absolute atomic E-state index is 6.23. The van der Waals surface area contributed by atoms with Crippen molar-refractivity contribution in [3.05, 3.63) is 120 Å². The topological polar surface area (TPSA) is 13.1 Å². The Bertz CT molecular complexity index is 1880. The van der Waals surface area contributed by atoms with Gasteiger partial charge in [0.15, 0.2) is 0 Å². The van der Waals surface area contributed by atoms with Crippen LogP contribution in [-0.4, -0.2) is 0 Å². The third-order valence-corrected chi connectivity index (χ3v) is 7.13. The smallest absolute Gasteiger partial charge is 0.143 e. The minimum Gasteiger partial charge on any atom is -0.455 e. The van der Waals surface area contributed by atoms with Crippen molar-refractivity contribution in [1.82, 2.24) is 0 Å². The number of hydrogen-bond acceptors (Lipinski definition) is 1. The number of rotatable bonds is 2. The molecular weight excluding hydrogens is 480 g/mol. The Hall–Kier alpha value is -3.88. The zero-order valence-electron chi connectivity index (χ0n) is 18.3. The van der Waals surface area contributed by atoms with Crippen molar-refractivity contribution in [2.75, 3.05) is 0 Å². The molecule has 7 rings (SSSR count). The van der Waals surface area contributed by atoms with E-state index in [2.05, 4.69) is 119 Å². The van der Waals surface area contributed by atoms with Gasteiger partial charge in [0.1, 0.15) is 11.2 Å². The SMILES string of the molecule is Brc1cc(-c2ccc3ccccc3c2)cc(-c2ccc3c(ccc4c5ccccc5oc34)c2)c1. The first-order chi connectivity index (χ1) is 16.7. The van der Waals surface area contributed by atoms with Crippen LogP contribution in [0.5, 0.6) is 0 Å². The number of furan rings is 1. The molecule has 0 saturated carbocycles. The Morgan fingerprint density at radius 3 is 1.94 bits per heavy atom. The molecule has 1 heterocycles. The minimum atomic E-state index is 0.932. The highest BCUT2D eigenvalue weighted by Gasteiger charge is 2.11. The molecule has 0 aliphatic heterocycles. The van der Waals surface area contributed by atoms with Gasteiger partial charge in [0, 0.05) is 20.6 Å². The van der Waals surface area contributed by atoms with Crippen LogP contribution in [0.1, 0.15) is 0 Å². The Kier molecular flexibility index (Phi) is 4.36. The summed E-state index contributed by atoms with van der Waals surface area (Å²) in [4.78, 5) is 0. The van der Waals surface area contributed by atoms with Gasteiger partial charge >= 0.3 is 0 Å². The van der Waals surface area contributed by atoms with E-state index in [9.17, 15) is 0 Å². The van der Waals surface area contributed by atoms with E-state index in [-0.39, 0.29) is 0 Å². The average molecular weight is 499 g/mol. The summed E-state index contributed by atoms with van der Waals surface area (Å²) in [6.45, 7) is 0. The predicted octanol–water partition coefficient (Wildman–Crippen LogP) is 9.99. The summed E-state index contributed by atoms with van der Waals surface area (Å²) in [5.74, 6) is 0. The second-order valence-electron chi connectivity index (χ2n) is 8.77. The van der Waals surface area contributed by atoms with Gasteiger partial charge in [0.25, 0.3) is 0 Å². The minimum absolute atomic E-state index is 0.932. The van der Waals surface area contributed by atoms with E-state index < -0.39 is 0 Å². The van der Waals surface area contributed by atoms with E-state index in [1.54, 1.807) is 0 Å². The van der Waals surface area contributed by atoms with Crippen LogP contribution < -0.4 is 0 Å². The lowest BCUT2D eigenvalue weighted by Gasteiger charge is -2.10. The van der Waals surface area contributed by atoms with Crippen LogP contribution in [-0.2, 0) is 0 Å². The van der Waals surface area contributed by atoms with Gasteiger partial charge in [-0.1, -0.05) is 82.7 Å². The van der Waals surface area contributed by atoms with E-state index >= 15 is 0 Å². The van der Waals surface area contributed by atoms with E-state index in [0.29, 0.717) is 0 Å². The molecule has 1 aromatic heterocycles. The molecule has 0 unspecified atom stereocenters. The Balaban J connectivity index is 1.37. The molecule has 0 aliphatic rings. The molecule has 0 atom stereocenters. The van der Waals surface area contributed by atoms with Gasteiger partial charge in [-0.25, -0.2) is 0 Å². The summed E-state index contributed by atoms with van der Waals surface area (Å²) in [5.41, 5.74) is 6.67. The standard InChI is InChI=1S/C32H19BrO/c33-27-18-25(22-10-9-20-5-1-2-6-21(20)15-22)17-26(19-27)23-11-13-28-24(16-23)12-14-30-29-7-3-4-8-31(29)34-32(28)30/h1-19H. The lowest BCUT2D eigenvalue weighted by atomic mass is 9.95. The molecule has 1 nitrogen and oxygen atoms in total. The lowest BCUT2D eigenvalue weighted by Crippen LogP contribution is -1.84. The Morgan fingerprint density at radius 2 is 1.09 bits per heavy atom. The van der Waals surface area contributed by atoms with Crippen LogP contribution >= 0.6 is 15.9 Å². The number of para-hydroxylation sites is 1. The highest BCUT2D eigenvalue weighted by atomic mass is 79.9. The van der Waals surface area contributed by atoms with Gasteiger partial charge in [-0.05, 0) is 86.9 Å². The van der Waals surface area contributed by atoms with E-state index in [1.165, 1.54) is 38.4 Å². The van der Waals surface area contributed by atoms with Gasteiger partial charge in [0.2, 0.25) is 0 Å².